The van der Waals surface area contributed by atoms with Gasteiger partial charge in [-0.05, 0) is 24.3 Å². The molecular weight excluding hydrogens is 241 g/mol. The van der Waals surface area contributed by atoms with Crippen molar-refractivity contribution in [2.45, 2.75) is 0 Å². The first kappa shape index (κ1) is 11.6. The fraction of sp³-hybridized carbons (Fsp3) is 0.0667. The van der Waals surface area contributed by atoms with Crippen LogP contribution in [0.4, 0.5) is 4.39 Å². The second kappa shape index (κ2) is 4.65. The van der Waals surface area contributed by atoms with E-state index in [4.69, 9.17) is 0 Å². The van der Waals surface area contributed by atoms with Crippen LogP contribution in [-0.4, -0.2) is 14.8 Å². The SMILES string of the molecule is Cn1cc(-c2ccccn2)c(-c2cccc(F)c2)n1. The van der Waals surface area contributed by atoms with Gasteiger partial charge in [0.05, 0.1) is 5.69 Å². The van der Waals surface area contributed by atoms with Gasteiger partial charge >= 0.3 is 0 Å². The summed E-state index contributed by atoms with van der Waals surface area (Å²) in [5, 5.41) is 4.41. The van der Waals surface area contributed by atoms with Crippen LogP contribution in [0.3, 0.4) is 0 Å². The monoisotopic (exact) mass is 253 g/mol. The van der Waals surface area contributed by atoms with Crippen LogP contribution in [0.2, 0.25) is 0 Å². The Bertz CT molecular complexity index is 704. The summed E-state index contributed by atoms with van der Waals surface area (Å²) in [6.45, 7) is 0. The first-order valence-electron chi connectivity index (χ1n) is 5.95. The zero-order chi connectivity index (χ0) is 13.2. The molecule has 0 unspecified atom stereocenters. The average molecular weight is 253 g/mol. The van der Waals surface area contributed by atoms with Crippen LogP contribution in [0.5, 0.6) is 0 Å². The molecule has 2 heterocycles. The predicted molar refractivity (Wildman–Crippen MR) is 71.8 cm³/mol. The third-order valence-electron chi connectivity index (χ3n) is 2.87. The number of halogens is 1. The Hall–Kier alpha value is -2.49. The number of benzene rings is 1. The number of aromatic nitrogens is 3. The van der Waals surface area contributed by atoms with Gasteiger partial charge in [-0.25, -0.2) is 4.39 Å². The highest BCUT2D eigenvalue weighted by Crippen LogP contribution is 2.29. The molecule has 3 aromatic rings. The molecule has 94 valence electrons. The molecule has 0 saturated heterocycles. The van der Waals surface area contributed by atoms with Crippen molar-refractivity contribution in [3.8, 4) is 22.5 Å². The number of aryl methyl sites for hydroxylation is 1. The van der Waals surface area contributed by atoms with E-state index < -0.39 is 0 Å². The lowest BCUT2D eigenvalue weighted by Gasteiger charge is -2.02. The van der Waals surface area contributed by atoms with E-state index >= 15 is 0 Å². The maximum Gasteiger partial charge on any atom is 0.123 e. The summed E-state index contributed by atoms with van der Waals surface area (Å²) in [5.41, 5.74) is 3.21. The minimum atomic E-state index is -0.268. The Morgan fingerprint density at radius 1 is 1.11 bits per heavy atom. The van der Waals surface area contributed by atoms with E-state index in [9.17, 15) is 4.39 Å². The van der Waals surface area contributed by atoms with Crippen molar-refractivity contribution in [3.05, 3.63) is 60.7 Å². The van der Waals surface area contributed by atoms with Gasteiger partial charge < -0.3 is 0 Å². The molecule has 0 saturated carbocycles. The summed E-state index contributed by atoms with van der Waals surface area (Å²) in [4.78, 5) is 4.32. The Morgan fingerprint density at radius 2 is 2.00 bits per heavy atom. The van der Waals surface area contributed by atoms with Gasteiger partial charge in [-0.3, -0.25) is 9.67 Å². The number of hydrogen-bond donors (Lipinski definition) is 0. The first-order chi connectivity index (χ1) is 9.24. The van der Waals surface area contributed by atoms with Crippen molar-refractivity contribution in [1.29, 1.82) is 0 Å². The van der Waals surface area contributed by atoms with Crippen LogP contribution in [0, 0.1) is 5.82 Å². The number of nitrogens with zero attached hydrogens (tertiary/aromatic N) is 3. The van der Waals surface area contributed by atoms with Crippen molar-refractivity contribution in [3.63, 3.8) is 0 Å². The summed E-state index contributed by atoms with van der Waals surface area (Å²) >= 11 is 0. The fourth-order valence-corrected chi connectivity index (χ4v) is 2.05. The molecule has 0 amide bonds. The second-order valence-corrected chi connectivity index (χ2v) is 4.29. The van der Waals surface area contributed by atoms with Crippen LogP contribution >= 0.6 is 0 Å². The van der Waals surface area contributed by atoms with Gasteiger partial charge in [-0.2, -0.15) is 5.10 Å². The highest BCUT2D eigenvalue weighted by atomic mass is 19.1. The van der Waals surface area contributed by atoms with E-state index in [1.165, 1.54) is 12.1 Å². The van der Waals surface area contributed by atoms with Crippen LogP contribution in [0.15, 0.2) is 54.9 Å². The molecule has 0 aliphatic heterocycles. The molecule has 0 atom stereocenters. The molecule has 1 aromatic carbocycles. The summed E-state index contributed by atoms with van der Waals surface area (Å²) in [7, 11) is 1.84. The zero-order valence-electron chi connectivity index (χ0n) is 10.4. The quantitative estimate of drug-likeness (QED) is 0.701. The van der Waals surface area contributed by atoms with Crippen LogP contribution < -0.4 is 0 Å². The molecule has 0 aliphatic carbocycles. The van der Waals surface area contributed by atoms with Gasteiger partial charge in [-0.1, -0.05) is 18.2 Å². The Morgan fingerprint density at radius 3 is 2.74 bits per heavy atom. The predicted octanol–water partition coefficient (Wildman–Crippen LogP) is 3.29. The third kappa shape index (κ3) is 2.25. The summed E-state index contributed by atoms with van der Waals surface area (Å²) in [6.07, 6.45) is 3.63. The molecule has 0 bridgehead atoms. The van der Waals surface area contributed by atoms with Gasteiger partial charge in [0.15, 0.2) is 0 Å². The zero-order valence-corrected chi connectivity index (χ0v) is 10.4. The minimum Gasteiger partial charge on any atom is -0.274 e. The average Bonchev–Trinajstić information content (AvgIpc) is 2.82. The standard InChI is InChI=1S/C15H12FN3/c1-19-10-13(14-7-2-3-8-17-14)15(18-19)11-5-4-6-12(16)9-11/h2-10H,1H3. The molecule has 19 heavy (non-hydrogen) atoms. The third-order valence-corrected chi connectivity index (χ3v) is 2.87. The molecule has 0 spiro atoms. The van der Waals surface area contributed by atoms with Crippen LogP contribution in [-0.2, 0) is 7.05 Å². The van der Waals surface area contributed by atoms with Crippen LogP contribution in [0.1, 0.15) is 0 Å². The number of pyridine rings is 1. The van der Waals surface area contributed by atoms with E-state index in [1.807, 2.05) is 37.5 Å². The van der Waals surface area contributed by atoms with Gasteiger partial charge in [0, 0.05) is 30.6 Å². The molecule has 2 aromatic heterocycles. The maximum absolute atomic E-state index is 13.3. The van der Waals surface area contributed by atoms with Crippen molar-refractivity contribution in [1.82, 2.24) is 14.8 Å². The second-order valence-electron chi connectivity index (χ2n) is 4.29. The van der Waals surface area contributed by atoms with E-state index in [0.29, 0.717) is 0 Å². The molecule has 0 aliphatic rings. The highest BCUT2D eigenvalue weighted by Gasteiger charge is 2.13. The van der Waals surface area contributed by atoms with E-state index in [-0.39, 0.29) is 5.82 Å². The fourth-order valence-electron chi connectivity index (χ4n) is 2.05. The smallest absolute Gasteiger partial charge is 0.123 e. The molecule has 3 rings (SSSR count). The molecule has 0 fully saturated rings. The van der Waals surface area contributed by atoms with Crippen molar-refractivity contribution >= 4 is 0 Å². The Labute approximate surface area is 110 Å². The summed E-state index contributed by atoms with van der Waals surface area (Å²) < 4.78 is 15.1. The van der Waals surface area contributed by atoms with Crippen molar-refractivity contribution in [2.24, 2.45) is 7.05 Å². The molecular formula is C15H12FN3. The molecule has 4 heteroatoms. The first-order valence-corrected chi connectivity index (χ1v) is 5.95. The minimum absolute atomic E-state index is 0.268. The van der Waals surface area contributed by atoms with Crippen LogP contribution in [0.25, 0.3) is 22.5 Å². The van der Waals surface area contributed by atoms with E-state index in [1.54, 1.807) is 16.9 Å². The number of hydrogen-bond acceptors (Lipinski definition) is 2. The number of rotatable bonds is 2. The maximum atomic E-state index is 13.3. The van der Waals surface area contributed by atoms with Gasteiger partial charge in [-0.15, -0.1) is 0 Å². The lowest BCUT2D eigenvalue weighted by Crippen LogP contribution is -1.88. The van der Waals surface area contributed by atoms with Crippen molar-refractivity contribution in [2.75, 3.05) is 0 Å². The van der Waals surface area contributed by atoms with Gasteiger partial charge in [0.2, 0.25) is 0 Å². The lowest BCUT2D eigenvalue weighted by molar-refractivity contribution is 0.628. The molecule has 0 radical (unpaired) electrons. The Balaban J connectivity index is 2.18. The van der Waals surface area contributed by atoms with E-state index in [2.05, 4.69) is 10.1 Å². The van der Waals surface area contributed by atoms with E-state index in [0.717, 1.165) is 22.5 Å². The largest absolute Gasteiger partial charge is 0.274 e. The van der Waals surface area contributed by atoms with Gasteiger partial charge in [0.1, 0.15) is 11.5 Å². The van der Waals surface area contributed by atoms with Crippen molar-refractivity contribution < 1.29 is 4.39 Å². The lowest BCUT2D eigenvalue weighted by atomic mass is 10.1. The Kier molecular flexibility index (Phi) is 2.83. The van der Waals surface area contributed by atoms with Gasteiger partial charge in [0.25, 0.3) is 0 Å². The summed E-state index contributed by atoms with van der Waals surface area (Å²) in [6, 6.07) is 12.1. The normalized spacial score (nSPS) is 10.6. The molecule has 0 N–H and O–H groups in total. The molecule has 3 nitrogen and oxygen atoms in total. The highest BCUT2D eigenvalue weighted by molar-refractivity contribution is 5.78. The summed E-state index contributed by atoms with van der Waals surface area (Å²) in [5.74, 6) is -0.268. The topological polar surface area (TPSA) is 30.7 Å².